The van der Waals surface area contributed by atoms with Gasteiger partial charge in [-0.05, 0) is 18.1 Å². The van der Waals surface area contributed by atoms with Crippen LogP contribution in [-0.2, 0) is 19.3 Å². The van der Waals surface area contributed by atoms with Gasteiger partial charge in [-0.15, -0.1) is 0 Å². The molecule has 116 valence electrons. The van der Waals surface area contributed by atoms with E-state index < -0.39 is 18.7 Å². The van der Waals surface area contributed by atoms with E-state index >= 15 is 0 Å². The van der Waals surface area contributed by atoms with Crippen molar-refractivity contribution in [1.29, 1.82) is 0 Å². The van der Waals surface area contributed by atoms with Gasteiger partial charge in [-0.2, -0.15) is 0 Å². The van der Waals surface area contributed by atoms with Gasteiger partial charge in [-0.3, -0.25) is 9.36 Å². The van der Waals surface area contributed by atoms with Crippen LogP contribution in [0.25, 0.3) is 0 Å². The third kappa shape index (κ3) is 2.71. The predicted molar refractivity (Wildman–Crippen MR) is 82.3 cm³/mol. The van der Waals surface area contributed by atoms with Gasteiger partial charge in [0, 0.05) is 0 Å². The van der Waals surface area contributed by atoms with Crippen LogP contribution in [-0.4, -0.2) is 22.4 Å². The van der Waals surface area contributed by atoms with Crippen molar-refractivity contribution in [2.75, 3.05) is 6.61 Å². The van der Waals surface area contributed by atoms with Gasteiger partial charge in [0.05, 0.1) is 6.61 Å². The SMILES string of the molecule is CCOC(=O)C(c1ccccc1)(c1ccccc1)P(=O)(O)O. The van der Waals surface area contributed by atoms with E-state index in [1.165, 1.54) is 24.3 Å². The van der Waals surface area contributed by atoms with Crippen molar-refractivity contribution in [2.45, 2.75) is 12.1 Å². The summed E-state index contributed by atoms with van der Waals surface area (Å²) in [6.07, 6.45) is 0. The molecule has 0 spiro atoms. The first-order chi connectivity index (χ1) is 10.4. The minimum atomic E-state index is -4.91. The van der Waals surface area contributed by atoms with Crippen LogP contribution in [0, 0.1) is 0 Å². The number of hydrogen-bond acceptors (Lipinski definition) is 3. The quantitative estimate of drug-likeness (QED) is 0.653. The molecule has 0 unspecified atom stereocenters. The summed E-state index contributed by atoms with van der Waals surface area (Å²) in [7, 11) is -4.91. The largest absolute Gasteiger partial charge is 0.465 e. The molecule has 0 saturated carbocycles. The second-order valence-corrected chi connectivity index (χ2v) is 6.47. The van der Waals surface area contributed by atoms with Crippen molar-refractivity contribution in [1.82, 2.24) is 0 Å². The van der Waals surface area contributed by atoms with Gasteiger partial charge in [-0.25, -0.2) is 0 Å². The third-order valence-corrected chi connectivity index (χ3v) is 4.96. The molecule has 0 aliphatic heterocycles. The highest BCUT2D eigenvalue weighted by Crippen LogP contribution is 2.61. The van der Waals surface area contributed by atoms with Crippen molar-refractivity contribution in [3.8, 4) is 0 Å². The van der Waals surface area contributed by atoms with Crippen molar-refractivity contribution in [3.05, 3.63) is 71.8 Å². The van der Waals surface area contributed by atoms with Crippen LogP contribution < -0.4 is 0 Å². The van der Waals surface area contributed by atoms with E-state index in [0.29, 0.717) is 0 Å². The maximum Gasteiger partial charge on any atom is 0.351 e. The Labute approximate surface area is 128 Å². The minimum absolute atomic E-state index is 0.0280. The number of benzene rings is 2. The number of carbonyl (C=O) groups excluding carboxylic acids is 1. The highest BCUT2D eigenvalue weighted by atomic mass is 31.2. The fourth-order valence-electron chi connectivity index (χ4n) is 2.45. The van der Waals surface area contributed by atoms with Crippen molar-refractivity contribution >= 4 is 13.6 Å². The maximum atomic E-state index is 12.6. The molecule has 0 aromatic heterocycles. The molecule has 2 N–H and O–H groups in total. The molecule has 2 aromatic rings. The molecule has 2 aromatic carbocycles. The second kappa shape index (κ2) is 6.44. The topological polar surface area (TPSA) is 83.8 Å². The summed E-state index contributed by atoms with van der Waals surface area (Å²) in [5.74, 6) is -0.958. The highest BCUT2D eigenvalue weighted by molar-refractivity contribution is 7.54. The fourth-order valence-corrected chi connectivity index (χ4v) is 3.73. The fraction of sp³-hybridized carbons (Fsp3) is 0.188. The molecular weight excluding hydrogens is 303 g/mol. The average molecular weight is 320 g/mol. The first kappa shape index (κ1) is 16.4. The van der Waals surface area contributed by atoms with E-state index in [1.807, 2.05) is 0 Å². The summed E-state index contributed by atoms with van der Waals surface area (Å²) in [5.41, 5.74) is 0.404. The van der Waals surface area contributed by atoms with E-state index in [0.717, 1.165) is 0 Å². The van der Waals surface area contributed by atoms with Gasteiger partial charge in [0.25, 0.3) is 0 Å². The van der Waals surface area contributed by atoms with E-state index in [-0.39, 0.29) is 17.7 Å². The first-order valence-electron chi connectivity index (χ1n) is 6.78. The van der Waals surface area contributed by atoms with Crippen molar-refractivity contribution < 1.29 is 23.9 Å². The molecule has 0 saturated heterocycles. The van der Waals surface area contributed by atoms with Crippen LogP contribution in [0.3, 0.4) is 0 Å². The molecule has 22 heavy (non-hydrogen) atoms. The van der Waals surface area contributed by atoms with Crippen molar-refractivity contribution in [2.24, 2.45) is 0 Å². The van der Waals surface area contributed by atoms with Crippen LogP contribution in [0.15, 0.2) is 60.7 Å². The molecule has 5 nitrogen and oxygen atoms in total. The van der Waals surface area contributed by atoms with Crippen LogP contribution in [0.4, 0.5) is 0 Å². The number of carbonyl (C=O) groups is 1. The minimum Gasteiger partial charge on any atom is -0.465 e. The molecular formula is C16H17O5P. The summed E-state index contributed by atoms with van der Waals surface area (Å²) in [6, 6.07) is 16.0. The second-order valence-electron chi connectivity index (χ2n) is 4.71. The third-order valence-electron chi connectivity index (χ3n) is 3.39. The number of hydrogen-bond donors (Lipinski definition) is 2. The molecule has 0 bridgehead atoms. The Morgan fingerprint density at radius 2 is 1.41 bits per heavy atom. The first-order valence-corrected chi connectivity index (χ1v) is 8.39. The van der Waals surface area contributed by atoms with E-state index in [2.05, 4.69) is 0 Å². The smallest absolute Gasteiger partial charge is 0.351 e. The molecule has 0 amide bonds. The lowest BCUT2D eigenvalue weighted by Gasteiger charge is -2.32. The van der Waals surface area contributed by atoms with Crippen LogP contribution in [0.2, 0.25) is 0 Å². The summed E-state index contributed by atoms with van der Waals surface area (Å²) >= 11 is 0. The van der Waals surface area contributed by atoms with Gasteiger partial charge in [0.2, 0.25) is 5.16 Å². The zero-order chi connectivity index (χ0) is 16.2. The van der Waals surface area contributed by atoms with Crippen LogP contribution in [0.5, 0.6) is 0 Å². The average Bonchev–Trinajstić information content (AvgIpc) is 2.49. The Kier molecular flexibility index (Phi) is 4.81. The lowest BCUT2D eigenvalue weighted by Crippen LogP contribution is -2.38. The molecule has 0 aliphatic rings. The standard InChI is InChI=1S/C16H17O5P/c1-2-21-15(17)16(22(18,19)20,13-9-5-3-6-10-13)14-11-7-4-8-12-14/h3-12H,2H2,1H3,(H2,18,19,20). The number of esters is 1. The Hall–Kier alpha value is -1.94. The zero-order valence-electron chi connectivity index (χ0n) is 12.0. The Bertz CT molecular complexity index is 639. The van der Waals surface area contributed by atoms with E-state index in [1.54, 1.807) is 43.3 Å². The van der Waals surface area contributed by atoms with Crippen molar-refractivity contribution in [3.63, 3.8) is 0 Å². The summed E-state index contributed by atoms with van der Waals surface area (Å²) < 4.78 is 17.4. The van der Waals surface area contributed by atoms with Gasteiger partial charge in [-0.1, -0.05) is 60.7 Å². The molecule has 0 heterocycles. The summed E-state index contributed by atoms with van der Waals surface area (Å²) in [5, 5.41) is -2.16. The monoisotopic (exact) mass is 320 g/mol. The van der Waals surface area contributed by atoms with E-state index in [9.17, 15) is 19.1 Å². The number of rotatable bonds is 5. The molecule has 0 atom stereocenters. The summed E-state index contributed by atoms with van der Waals surface area (Å²) in [6.45, 7) is 1.62. The Morgan fingerprint density at radius 3 is 1.73 bits per heavy atom. The van der Waals surface area contributed by atoms with E-state index in [4.69, 9.17) is 4.74 Å². The Balaban J connectivity index is 2.82. The lowest BCUT2D eigenvalue weighted by molar-refractivity contribution is -0.145. The van der Waals surface area contributed by atoms with Gasteiger partial charge >= 0.3 is 13.6 Å². The normalized spacial score (nSPS) is 12.0. The molecule has 0 fully saturated rings. The van der Waals surface area contributed by atoms with Crippen LogP contribution >= 0.6 is 7.60 Å². The lowest BCUT2D eigenvalue weighted by atomic mass is 9.90. The summed E-state index contributed by atoms with van der Waals surface area (Å²) in [4.78, 5) is 32.7. The maximum absolute atomic E-state index is 12.6. The van der Waals surface area contributed by atoms with Gasteiger partial charge in [0.1, 0.15) is 0 Å². The van der Waals surface area contributed by atoms with Crippen LogP contribution in [0.1, 0.15) is 18.1 Å². The Morgan fingerprint density at radius 1 is 1.00 bits per heavy atom. The molecule has 0 radical (unpaired) electrons. The van der Waals surface area contributed by atoms with Gasteiger partial charge in [0.15, 0.2) is 0 Å². The predicted octanol–water partition coefficient (Wildman–Crippen LogP) is 2.67. The molecule has 6 heteroatoms. The molecule has 0 aliphatic carbocycles. The molecule has 2 rings (SSSR count). The highest BCUT2D eigenvalue weighted by Gasteiger charge is 2.57. The number of ether oxygens (including phenoxy) is 1. The van der Waals surface area contributed by atoms with Gasteiger partial charge < -0.3 is 14.5 Å². The zero-order valence-corrected chi connectivity index (χ0v) is 12.9.